The fraction of sp³-hybridized carbons (Fsp3) is 0.100. The van der Waals surface area contributed by atoms with Gasteiger partial charge < -0.3 is 9.64 Å². The van der Waals surface area contributed by atoms with E-state index in [2.05, 4.69) is 226 Å². The summed E-state index contributed by atoms with van der Waals surface area (Å²) >= 11 is 0. The molecule has 0 saturated carbocycles. The molecule has 8 aromatic rings. The Balaban J connectivity index is 1.09. The Morgan fingerprint density at radius 1 is 0.516 bits per heavy atom. The van der Waals surface area contributed by atoms with Crippen LogP contribution < -0.4 is 9.64 Å². The maximum Gasteiger partial charge on any atom is 0.131 e. The molecule has 0 amide bonds. The zero-order chi connectivity index (χ0) is 42.0. The zero-order valence-electron chi connectivity index (χ0n) is 35.4. The van der Waals surface area contributed by atoms with Gasteiger partial charge in [0.15, 0.2) is 0 Å². The largest absolute Gasteiger partial charge is 0.457 e. The van der Waals surface area contributed by atoms with Crippen molar-refractivity contribution in [3.63, 3.8) is 0 Å². The summed E-state index contributed by atoms with van der Waals surface area (Å²) in [6, 6.07) is 69.0. The van der Waals surface area contributed by atoms with Crippen LogP contribution in [-0.2, 0) is 17.3 Å². The maximum absolute atomic E-state index is 6.82. The summed E-state index contributed by atoms with van der Waals surface area (Å²) in [5.74, 6) is 1.82. The van der Waals surface area contributed by atoms with Crippen LogP contribution in [0, 0.1) is 0 Å². The van der Waals surface area contributed by atoms with Gasteiger partial charge in [0.05, 0.1) is 5.41 Å². The molecule has 2 nitrogen and oxygen atoms in total. The fourth-order valence-electron chi connectivity index (χ4n) is 10.5. The predicted octanol–water partition coefficient (Wildman–Crippen LogP) is 16.0. The third-order valence-electron chi connectivity index (χ3n) is 13.8. The third-order valence-corrected chi connectivity index (χ3v) is 13.8. The van der Waals surface area contributed by atoms with Crippen molar-refractivity contribution in [2.45, 2.75) is 38.0 Å². The molecule has 0 aromatic heterocycles. The van der Waals surface area contributed by atoms with Crippen molar-refractivity contribution in [1.82, 2.24) is 0 Å². The fourth-order valence-corrected chi connectivity index (χ4v) is 10.5. The van der Waals surface area contributed by atoms with Crippen molar-refractivity contribution in [3.05, 3.63) is 252 Å². The summed E-state index contributed by atoms with van der Waals surface area (Å²) in [6.45, 7) is 10.9. The monoisotopic (exact) mass is 797 g/mol. The minimum atomic E-state index is -0.521. The molecular weight excluding hydrogens is 751 g/mol. The minimum absolute atomic E-state index is 0.108. The lowest BCUT2D eigenvalue weighted by Gasteiger charge is -2.46. The number of nitrogens with zero attached hydrogens (tertiary/aromatic N) is 1. The topological polar surface area (TPSA) is 12.5 Å². The summed E-state index contributed by atoms with van der Waals surface area (Å²) in [5, 5.41) is 0. The molecule has 1 atom stereocenters. The molecule has 298 valence electrons. The molecule has 3 aliphatic rings. The van der Waals surface area contributed by atoms with E-state index in [-0.39, 0.29) is 5.41 Å². The number of hydrogen-bond donors (Lipinski definition) is 0. The van der Waals surface area contributed by atoms with E-state index in [0.29, 0.717) is 0 Å². The number of anilines is 3. The normalized spacial score (nSPS) is 16.5. The van der Waals surface area contributed by atoms with Gasteiger partial charge in [0, 0.05) is 33.6 Å². The average Bonchev–Trinajstić information content (AvgIpc) is 3.51. The Labute approximate surface area is 365 Å². The molecule has 62 heavy (non-hydrogen) atoms. The van der Waals surface area contributed by atoms with E-state index in [0.717, 1.165) is 35.0 Å². The van der Waals surface area contributed by atoms with Crippen LogP contribution in [0.5, 0.6) is 11.5 Å². The summed E-state index contributed by atoms with van der Waals surface area (Å²) in [5.41, 5.74) is 20.4. The third kappa shape index (κ3) is 5.78. The molecule has 1 spiro atoms. The molecule has 0 radical (unpaired) electrons. The highest BCUT2D eigenvalue weighted by Gasteiger charge is 2.49. The van der Waals surface area contributed by atoms with Gasteiger partial charge in [0.25, 0.3) is 0 Å². The molecule has 2 aliphatic carbocycles. The summed E-state index contributed by atoms with van der Waals surface area (Å²) in [7, 11) is 0. The van der Waals surface area contributed by atoms with Crippen molar-refractivity contribution >= 4 is 22.6 Å². The van der Waals surface area contributed by atoms with Gasteiger partial charge >= 0.3 is 0 Å². The van der Waals surface area contributed by atoms with Gasteiger partial charge in [-0.25, -0.2) is 0 Å². The highest BCUT2D eigenvalue weighted by atomic mass is 16.5. The Bertz CT molecular complexity index is 3120. The van der Waals surface area contributed by atoms with Crippen molar-refractivity contribution in [1.29, 1.82) is 0 Å². The first-order valence-corrected chi connectivity index (χ1v) is 21.7. The van der Waals surface area contributed by atoms with E-state index in [1.807, 2.05) is 12.2 Å². The lowest BCUT2D eigenvalue weighted by Crippen LogP contribution is -2.38. The van der Waals surface area contributed by atoms with E-state index in [9.17, 15) is 0 Å². The number of fused-ring (bicyclic) bond motifs is 9. The standard InChI is InChI=1S/C60H47NO/c1-5-6-23-48-40(2)59(3,4)54-38-47(34-35-51(48)54)61(45-21-11-8-12-22-45)46-32-29-42(30-33-46)50-25-17-26-52-49-24-14-13-20-44(49)39-60(58(50)52)53-27-15-16-28-56(53)62-57-36-31-43(37-55(57)60)41-18-9-7-10-19-41/h5-38H,1,39H2,2-4H3/b23-6-. The first kappa shape index (κ1) is 37.6. The highest BCUT2D eigenvalue weighted by Crippen LogP contribution is 2.60. The van der Waals surface area contributed by atoms with Gasteiger partial charge in [0.1, 0.15) is 11.5 Å². The summed E-state index contributed by atoms with van der Waals surface area (Å²) in [4.78, 5) is 2.39. The van der Waals surface area contributed by atoms with E-state index in [1.54, 1.807) is 0 Å². The molecule has 11 rings (SSSR count). The number of rotatable bonds is 7. The molecule has 1 heterocycles. The lowest BCUT2D eigenvalue weighted by molar-refractivity contribution is 0.415. The van der Waals surface area contributed by atoms with Crippen LogP contribution in [0.1, 0.15) is 54.2 Å². The summed E-state index contributed by atoms with van der Waals surface area (Å²) < 4.78 is 6.82. The van der Waals surface area contributed by atoms with Crippen molar-refractivity contribution in [3.8, 4) is 44.9 Å². The average molecular weight is 798 g/mol. The van der Waals surface area contributed by atoms with Crippen LogP contribution in [0.15, 0.2) is 218 Å². The molecule has 8 aromatic carbocycles. The van der Waals surface area contributed by atoms with Gasteiger partial charge in [-0.2, -0.15) is 0 Å². The number of benzene rings is 8. The van der Waals surface area contributed by atoms with Gasteiger partial charge in [-0.3, -0.25) is 0 Å². The molecular formula is C60H47NO. The molecule has 1 unspecified atom stereocenters. The molecule has 0 fully saturated rings. The van der Waals surface area contributed by atoms with Gasteiger partial charge in [0.2, 0.25) is 0 Å². The zero-order valence-corrected chi connectivity index (χ0v) is 35.4. The molecule has 2 heteroatoms. The van der Waals surface area contributed by atoms with Crippen LogP contribution in [0.3, 0.4) is 0 Å². The van der Waals surface area contributed by atoms with Crippen LogP contribution in [0.2, 0.25) is 0 Å². The second-order valence-corrected chi connectivity index (χ2v) is 17.3. The SMILES string of the molecule is C=C/C=C\C1=C(C)C(C)(C)c2cc(N(c3ccccc3)c3ccc(-c4cccc5c4C4(Cc6ccccc6-5)c5ccccc5Oc5ccc(-c6ccccc6)cc54)cc3)ccc21. The first-order valence-electron chi connectivity index (χ1n) is 21.7. The van der Waals surface area contributed by atoms with Crippen molar-refractivity contribution in [2.24, 2.45) is 0 Å². The number of ether oxygens (including phenoxy) is 1. The first-order chi connectivity index (χ1) is 30.4. The number of para-hydroxylation sites is 2. The smallest absolute Gasteiger partial charge is 0.131 e. The van der Waals surface area contributed by atoms with Crippen LogP contribution in [0.4, 0.5) is 17.1 Å². The molecule has 1 aliphatic heterocycles. The Kier molecular flexibility index (Phi) is 8.87. The molecule has 0 N–H and O–H groups in total. The predicted molar refractivity (Wildman–Crippen MR) is 259 cm³/mol. The highest BCUT2D eigenvalue weighted by molar-refractivity contribution is 5.91. The van der Waals surface area contributed by atoms with Crippen molar-refractivity contribution < 1.29 is 4.74 Å². The Morgan fingerprint density at radius 3 is 1.97 bits per heavy atom. The van der Waals surface area contributed by atoms with E-state index < -0.39 is 5.41 Å². The molecule has 0 saturated heterocycles. The van der Waals surface area contributed by atoms with Gasteiger partial charge in [-0.05, 0) is 129 Å². The quantitative estimate of drug-likeness (QED) is 0.149. The van der Waals surface area contributed by atoms with E-state index in [1.165, 1.54) is 77.9 Å². The van der Waals surface area contributed by atoms with Gasteiger partial charge in [-0.1, -0.05) is 178 Å². The number of hydrogen-bond acceptors (Lipinski definition) is 2. The van der Waals surface area contributed by atoms with Crippen LogP contribution >= 0.6 is 0 Å². The Hall–Kier alpha value is -7.42. The number of allylic oxidation sites excluding steroid dienone is 5. The van der Waals surface area contributed by atoms with Gasteiger partial charge in [-0.15, -0.1) is 0 Å². The Morgan fingerprint density at radius 2 is 1.16 bits per heavy atom. The van der Waals surface area contributed by atoms with Crippen LogP contribution in [-0.4, -0.2) is 0 Å². The second-order valence-electron chi connectivity index (χ2n) is 17.3. The van der Waals surface area contributed by atoms with Crippen LogP contribution in [0.25, 0.3) is 39.0 Å². The molecule has 0 bridgehead atoms. The van der Waals surface area contributed by atoms with E-state index in [4.69, 9.17) is 4.74 Å². The summed E-state index contributed by atoms with van der Waals surface area (Å²) in [6.07, 6.45) is 6.91. The van der Waals surface area contributed by atoms with Crippen molar-refractivity contribution in [2.75, 3.05) is 4.90 Å². The minimum Gasteiger partial charge on any atom is -0.457 e. The van der Waals surface area contributed by atoms with E-state index >= 15 is 0 Å². The maximum atomic E-state index is 6.82. The lowest BCUT2D eigenvalue weighted by atomic mass is 9.58. The second kappa shape index (κ2) is 14.6.